The van der Waals surface area contributed by atoms with Crippen molar-refractivity contribution in [1.29, 1.82) is 0 Å². The third-order valence-electron chi connectivity index (χ3n) is 2.11. The summed E-state index contributed by atoms with van der Waals surface area (Å²) < 4.78 is 13.5. The van der Waals surface area contributed by atoms with Gasteiger partial charge in [-0.05, 0) is 6.92 Å². The molecule has 0 fully saturated rings. The molecular weight excluding hydrogens is 220 g/mol. The summed E-state index contributed by atoms with van der Waals surface area (Å²) in [6.45, 7) is 1.21. The van der Waals surface area contributed by atoms with Gasteiger partial charge >= 0.3 is 5.97 Å². The first-order chi connectivity index (χ1) is 7.33. The van der Waals surface area contributed by atoms with Gasteiger partial charge in [-0.1, -0.05) is 0 Å². The van der Waals surface area contributed by atoms with Crippen molar-refractivity contribution in [2.75, 3.05) is 21.3 Å². The van der Waals surface area contributed by atoms with Gasteiger partial charge in [-0.15, -0.1) is 0 Å². The molecule has 0 bridgehead atoms. The second-order valence-corrected chi connectivity index (χ2v) is 2.98. The Morgan fingerprint density at radius 1 is 1.12 bits per heavy atom. The molecule has 92 valence electrons. The monoisotopic (exact) mass is 234 g/mol. The van der Waals surface area contributed by atoms with E-state index in [4.69, 9.17) is 9.47 Å². The van der Waals surface area contributed by atoms with Crippen LogP contribution < -0.4 is 0 Å². The summed E-state index contributed by atoms with van der Waals surface area (Å²) in [6.07, 6.45) is -2.17. The van der Waals surface area contributed by atoms with Gasteiger partial charge in [0.15, 0.2) is 6.10 Å². The van der Waals surface area contributed by atoms with E-state index in [1.807, 2.05) is 0 Å². The van der Waals surface area contributed by atoms with Crippen molar-refractivity contribution in [3.05, 3.63) is 0 Å². The second kappa shape index (κ2) is 5.69. The van der Waals surface area contributed by atoms with Crippen LogP contribution in [0.4, 0.5) is 0 Å². The standard InChI is InChI=1S/C9H14O7/c1-9(15-3,16-4)7(12)5(10)6(11)8(13)14-2/h5,10H,1-4H3. The molecule has 1 N–H and O–H groups in total. The number of hydrogen-bond acceptors (Lipinski definition) is 7. The average Bonchev–Trinajstić information content (AvgIpc) is 2.33. The molecule has 0 radical (unpaired) electrons. The van der Waals surface area contributed by atoms with Crippen molar-refractivity contribution in [2.45, 2.75) is 18.8 Å². The Hall–Kier alpha value is -1.31. The maximum absolute atomic E-state index is 11.6. The van der Waals surface area contributed by atoms with Crippen molar-refractivity contribution >= 4 is 17.5 Å². The minimum atomic E-state index is -2.17. The summed E-state index contributed by atoms with van der Waals surface area (Å²) in [6, 6.07) is 0. The van der Waals surface area contributed by atoms with Crippen molar-refractivity contribution in [1.82, 2.24) is 0 Å². The summed E-state index contributed by atoms with van der Waals surface area (Å²) >= 11 is 0. The summed E-state index contributed by atoms with van der Waals surface area (Å²) in [5, 5.41) is 9.33. The average molecular weight is 234 g/mol. The molecule has 0 rings (SSSR count). The van der Waals surface area contributed by atoms with E-state index in [0.29, 0.717) is 0 Å². The predicted octanol–water partition coefficient (Wildman–Crippen LogP) is -1.33. The number of esters is 1. The highest BCUT2D eigenvalue weighted by molar-refractivity contribution is 6.40. The number of aliphatic hydroxyl groups is 1. The predicted molar refractivity (Wildman–Crippen MR) is 50.5 cm³/mol. The highest BCUT2D eigenvalue weighted by Gasteiger charge is 2.43. The maximum Gasteiger partial charge on any atom is 0.377 e. The van der Waals surface area contributed by atoms with E-state index < -0.39 is 29.4 Å². The van der Waals surface area contributed by atoms with E-state index in [1.165, 1.54) is 6.92 Å². The molecule has 7 heteroatoms. The first-order valence-electron chi connectivity index (χ1n) is 4.29. The summed E-state index contributed by atoms with van der Waals surface area (Å²) in [5.41, 5.74) is 0. The quantitative estimate of drug-likeness (QED) is 0.263. The van der Waals surface area contributed by atoms with E-state index in [-0.39, 0.29) is 0 Å². The summed E-state index contributed by atoms with van der Waals surface area (Å²) in [4.78, 5) is 33.5. The zero-order valence-corrected chi connectivity index (χ0v) is 9.47. The van der Waals surface area contributed by atoms with Crippen LogP contribution in [0.1, 0.15) is 6.92 Å². The van der Waals surface area contributed by atoms with Gasteiger partial charge in [-0.25, -0.2) is 4.79 Å². The van der Waals surface area contributed by atoms with Crippen LogP contribution in [-0.4, -0.2) is 55.9 Å². The molecular formula is C9H14O7. The minimum absolute atomic E-state index is 0.962. The lowest BCUT2D eigenvalue weighted by Gasteiger charge is -2.25. The number of ether oxygens (including phenoxy) is 3. The van der Waals surface area contributed by atoms with Gasteiger partial charge in [-0.3, -0.25) is 9.59 Å². The minimum Gasteiger partial charge on any atom is -0.463 e. The van der Waals surface area contributed by atoms with Crippen LogP contribution in [-0.2, 0) is 28.6 Å². The number of aliphatic hydroxyl groups excluding tert-OH is 1. The van der Waals surface area contributed by atoms with Crippen molar-refractivity contribution in [2.24, 2.45) is 0 Å². The van der Waals surface area contributed by atoms with E-state index in [1.54, 1.807) is 0 Å². The van der Waals surface area contributed by atoms with Crippen LogP contribution in [0.2, 0.25) is 0 Å². The van der Waals surface area contributed by atoms with E-state index >= 15 is 0 Å². The third kappa shape index (κ3) is 2.84. The van der Waals surface area contributed by atoms with Crippen molar-refractivity contribution < 1.29 is 33.7 Å². The number of ketones is 2. The Labute approximate surface area is 92.3 Å². The fraction of sp³-hybridized carbons (Fsp3) is 0.667. The molecule has 0 saturated heterocycles. The Morgan fingerprint density at radius 2 is 1.56 bits per heavy atom. The highest BCUT2D eigenvalue weighted by Crippen LogP contribution is 2.14. The summed E-state index contributed by atoms with van der Waals surface area (Å²) in [7, 11) is 3.29. The number of hydrogen-bond donors (Lipinski definition) is 1. The third-order valence-corrected chi connectivity index (χ3v) is 2.11. The fourth-order valence-electron chi connectivity index (χ4n) is 0.864. The molecule has 0 aliphatic rings. The molecule has 0 aromatic carbocycles. The Morgan fingerprint density at radius 3 is 1.88 bits per heavy atom. The molecule has 0 aromatic heterocycles. The van der Waals surface area contributed by atoms with Gasteiger partial charge in [0.2, 0.25) is 11.6 Å². The van der Waals surface area contributed by atoms with Crippen LogP contribution in [0.15, 0.2) is 0 Å². The number of carbonyl (C=O) groups is 3. The number of carbonyl (C=O) groups excluding carboxylic acids is 3. The fourth-order valence-corrected chi connectivity index (χ4v) is 0.864. The molecule has 0 aliphatic heterocycles. The molecule has 0 amide bonds. The van der Waals surface area contributed by atoms with Gasteiger partial charge in [0.25, 0.3) is 5.78 Å². The molecule has 0 heterocycles. The Balaban J connectivity index is 4.86. The smallest absolute Gasteiger partial charge is 0.377 e. The first kappa shape index (κ1) is 14.7. The lowest BCUT2D eigenvalue weighted by Crippen LogP contribution is -2.50. The van der Waals surface area contributed by atoms with Gasteiger partial charge in [0, 0.05) is 14.2 Å². The van der Waals surface area contributed by atoms with Gasteiger partial charge in [-0.2, -0.15) is 0 Å². The van der Waals surface area contributed by atoms with E-state index in [2.05, 4.69) is 4.74 Å². The maximum atomic E-state index is 11.6. The van der Waals surface area contributed by atoms with E-state index in [0.717, 1.165) is 21.3 Å². The van der Waals surface area contributed by atoms with Gasteiger partial charge in [0.1, 0.15) is 0 Å². The number of rotatable bonds is 6. The van der Waals surface area contributed by atoms with Crippen molar-refractivity contribution in [3.63, 3.8) is 0 Å². The molecule has 0 saturated carbocycles. The van der Waals surface area contributed by atoms with Crippen LogP contribution in [0.3, 0.4) is 0 Å². The second-order valence-electron chi connectivity index (χ2n) is 2.98. The van der Waals surface area contributed by atoms with Crippen LogP contribution in [0.5, 0.6) is 0 Å². The zero-order valence-electron chi connectivity index (χ0n) is 9.47. The number of Topliss-reactive ketones (excluding diaryl/α,β-unsaturated/α-hetero) is 2. The Bertz CT molecular complexity index is 292. The molecule has 0 aliphatic carbocycles. The highest BCUT2D eigenvalue weighted by atomic mass is 16.7. The van der Waals surface area contributed by atoms with Gasteiger partial charge in [0.05, 0.1) is 7.11 Å². The SMILES string of the molecule is COC(=O)C(=O)C(O)C(=O)C(C)(OC)OC. The topological polar surface area (TPSA) is 99.1 Å². The lowest BCUT2D eigenvalue weighted by atomic mass is 10.0. The number of methoxy groups -OCH3 is 3. The molecule has 0 aromatic rings. The van der Waals surface area contributed by atoms with Crippen LogP contribution >= 0.6 is 0 Å². The molecule has 1 unspecified atom stereocenters. The van der Waals surface area contributed by atoms with Crippen LogP contribution in [0.25, 0.3) is 0 Å². The zero-order chi connectivity index (χ0) is 12.9. The van der Waals surface area contributed by atoms with Gasteiger partial charge < -0.3 is 19.3 Å². The molecule has 0 spiro atoms. The largest absolute Gasteiger partial charge is 0.463 e. The summed E-state index contributed by atoms with van der Waals surface area (Å²) in [5.74, 6) is -5.54. The molecule has 7 nitrogen and oxygen atoms in total. The first-order valence-corrected chi connectivity index (χ1v) is 4.29. The lowest BCUT2D eigenvalue weighted by molar-refractivity contribution is -0.206. The van der Waals surface area contributed by atoms with E-state index in [9.17, 15) is 19.5 Å². The molecule has 16 heavy (non-hydrogen) atoms. The Kier molecular flexibility index (Phi) is 5.22. The normalized spacial score (nSPS) is 13.1. The van der Waals surface area contributed by atoms with Crippen LogP contribution in [0, 0.1) is 0 Å². The molecule has 1 atom stereocenters. The van der Waals surface area contributed by atoms with Crippen molar-refractivity contribution in [3.8, 4) is 0 Å².